The van der Waals surface area contributed by atoms with Crippen molar-refractivity contribution in [3.8, 4) is 0 Å². The van der Waals surface area contributed by atoms with Gasteiger partial charge in [0.15, 0.2) is 0 Å². The summed E-state index contributed by atoms with van der Waals surface area (Å²) in [5.74, 6) is 0.495. The zero-order chi connectivity index (χ0) is 14.7. The quantitative estimate of drug-likeness (QED) is 0.761. The first-order chi connectivity index (χ1) is 10.1. The standard InChI is InChI=1S/C14H22N2O3S2/c17-21(18,16-7-5-11-6-8-19-10-11)14-4-3-13(20-14)9-15-12-1-2-12/h3-4,11-12,15-16H,1-2,5-10H2. The van der Waals surface area contributed by atoms with E-state index in [4.69, 9.17) is 4.74 Å². The van der Waals surface area contributed by atoms with Crippen molar-refractivity contribution in [1.29, 1.82) is 0 Å². The van der Waals surface area contributed by atoms with Crippen molar-refractivity contribution in [3.05, 3.63) is 17.0 Å². The Balaban J connectivity index is 1.48. The van der Waals surface area contributed by atoms with Gasteiger partial charge in [-0.3, -0.25) is 0 Å². The molecule has 1 saturated carbocycles. The average Bonchev–Trinajstić information content (AvgIpc) is 2.93. The molecule has 0 amide bonds. The lowest BCUT2D eigenvalue weighted by atomic mass is 10.1. The molecule has 1 atom stereocenters. The molecule has 118 valence electrons. The first-order valence-electron chi connectivity index (χ1n) is 7.53. The van der Waals surface area contributed by atoms with Crippen molar-refractivity contribution in [3.63, 3.8) is 0 Å². The summed E-state index contributed by atoms with van der Waals surface area (Å²) in [6.07, 6.45) is 4.37. The Morgan fingerprint density at radius 2 is 2.14 bits per heavy atom. The molecule has 2 fully saturated rings. The SMILES string of the molecule is O=S(=O)(NCCC1CCOC1)c1ccc(CNC2CC2)s1. The first kappa shape index (κ1) is 15.4. The maximum Gasteiger partial charge on any atom is 0.250 e. The summed E-state index contributed by atoms with van der Waals surface area (Å²) >= 11 is 1.35. The van der Waals surface area contributed by atoms with Crippen molar-refractivity contribution >= 4 is 21.4 Å². The minimum Gasteiger partial charge on any atom is -0.381 e. The van der Waals surface area contributed by atoms with Crippen LogP contribution in [0.25, 0.3) is 0 Å². The van der Waals surface area contributed by atoms with Gasteiger partial charge in [-0.1, -0.05) is 0 Å². The van der Waals surface area contributed by atoms with Gasteiger partial charge in [-0.05, 0) is 43.7 Å². The summed E-state index contributed by atoms with van der Waals surface area (Å²) in [6.45, 7) is 2.82. The van der Waals surface area contributed by atoms with Crippen LogP contribution >= 0.6 is 11.3 Å². The number of thiophene rings is 1. The van der Waals surface area contributed by atoms with Crippen LogP contribution in [0.1, 0.15) is 30.6 Å². The minimum absolute atomic E-state index is 0.415. The van der Waals surface area contributed by atoms with E-state index in [9.17, 15) is 8.42 Å². The van der Waals surface area contributed by atoms with Gasteiger partial charge in [0, 0.05) is 37.2 Å². The number of ether oxygens (including phenoxy) is 1. The lowest BCUT2D eigenvalue weighted by molar-refractivity contribution is 0.184. The fraction of sp³-hybridized carbons (Fsp3) is 0.714. The number of hydrogen-bond donors (Lipinski definition) is 2. The van der Waals surface area contributed by atoms with Gasteiger partial charge in [0.1, 0.15) is 4.21 Å². The molecule has 0 bridgehead atoms. The molecule has 5 nitrogen and oxygen atoms in total. The van der Waals surface area contributed by atoms with E-state index in [0.717, 1.165) is 37.5 Å². The van der Waals surface area contributed by atoms with E-state index >= 15 is 0 Å². The summed E-state index contributed by atoms with van der Waals surface area (Å²) < 4.78 is 32.8. The van der Waals surface area contributed by atoms with Crippen LogP contribution in [0.2, 0.25) is 0 Å². The molecule has 21 heavy (non-hydrogen) atoms. The Labute approximate surface area is 130 Å². The van der Waals surface area contributed by atoms with E-state index < -0.39 is 10.0 Å². The summed E-state index contributed by atoms with van der Waals surface area (Å²) in [5.41, 5.74) is 0. The monoisotopic (exact) mass is 330 g/mol. The Morgan fingerprint density at radius 1 is 1.29 bits per heavy atom. The molecule has 1 aliphatic carbocycles. The summed E-state index contributed by atoms with van der Waals surface area (Å²) in [4.78, 5) is 1.08. The molecule has 1 aliphatic heterocycles. The smallest absolute Gasteiger partial charge is 0.250 e. The van der Waals surface area contributed by atoms with E-state index in [-0.39, 0.29) is 0 Å². The van der Waals surface area contributed by atoms with Crippen LogP contribution in [0, 0.1) is 5.92 Å². The van der Waals surface area contributed by atoms with Gasteiger partial charge in [-0.15, -0.1) is 11.3 Å². The number of sulfonamides is 1. The third-order valence-corrected chi connectivity index (χ3v) is 6.95. The normalized spacial score (nSPS) is 22.8. The maximum atomic E-state index is 12.2. The lowest BCUT2D eigenvalue weighted by Gasteiger charge is -2.08. The Hall–Kier alpha value is -0.470. The second-order valence-electron chi connectivity index (χ2n) is 5.79. The molecule has 1 unspecified atom stereocenters. The lowest BCUT2D eigenvalue weighted by Crippen LogP contribution is -2.25. The molecular weight excluding hydrogens is 308 g/mol. The highest BCUT2D eigenvalue weighted by atomic mass is 32.2. The topological polar surface area (TPSA) is 67.4 Å². The minimum atomic E-state index is -3.35. The van der Waals surface area contributed by atoms with E-state index in [1.807, 2.05) is 6.07 Å². The number of rotatable bonds is 8. The van der Waals surface area contributed by atoms with Crippen molar-refractivity contribution in [2.24, 2.45) is 5.92 Å². The molecule has 1 saturated heterocycles. The second kappa shape index (κ2) is 6.75. The molecule has 2 aliphatic rings. The molecule has 0 spiro atoms. The van der Waals surface area contributed by atoms with Crippen molar-refractivity contribution in [2.75, 3.05) is 19.8 Å². The predicted molar refractivity (Wildman–Crippen MR) is 82.9 cm³/mol. The van der Waals surface area contributed by atoms with Crippen LogP contribution in [-0.2, 0) is 21.3 Å². The highest BCUT2D eigenvalue weighted by Gasteiger charge is 2.22. The van der Waals surface area contributed by atoms with Crippen LogP contribution in [0.5, 0.6) is 0 Å². The summed E-state index contributed by atoms with van der Waals surface area (Å²) in [6, 6.07) is 4.24. The first-order valence-corrected chi connectivity index (χ1v) is 9.83. The highest BCUT2D eigenvalue weighted by Crippen LogP contribution is 2.24. The third kappa shape index (κ3) is 4.50. The fourth-order valence-corrected chi connectivity index (χ4v) is 4.81. The van der Waals surface area contributed by atoms with Crippen molar-refractivity contribution < 1.29 is 13.2 Å². The van der Waals surface area contributed by atoms with E-state index in [1.165, 1.54) is 24.2 Å². The van der Waals surface area contributed by atoms with Crippen molar-refractivity contribution in [1.82, 2.24) is 10.0 Å². The Morgan fingerprint density at radius 3 is 2.86 bits per heavy atom. The Bertz CT molecular complexity index is 561. The van der Waals surface area contributed by atoms with Gasteiger partial charge >= 0.3 is 0 Å². The van der Waals surface area contributed by atoms with Gasteiger partial charge in [-0.25, -0.2) is 13.1 Å². The zero-order valence-electron chi connectivity index (χ0n) is 12.0. The Kier molecular flexibility index (Phi) is 4.96. The second-order valence-corrected chi connectivity index (χ2v) is 8.95. The van der Waals surface area contributed by atoms with Crippen LogP contribution in [0.4, 0.5) is 0 Å². The fourth-order valence-electron chi connectivity index (χ4n) is 2.41. The van der Waals surface area contributed by atoms with E-state index in [1.54, 1.807) is 6.07 Å². The third-order valence-electron chi connectivity index (χ3n) is 3.91. The van der Waals surface area contributed by atoms with Gasteiger partial charge in [0.25, 0.3) is 0 Å². The number of nitrogens with one attached hydrogen (secondary N) is 2. The molecule has 3 rings (SSSR count). The van der Waals surface area contributed by atoms with E-state index in [2.05, 4.69) is 10.0 Å². The van der Waals surface area contributed by atoms with Crippen LogP contribution in [0.15, 0.2) is 16.3 Å². The molecule has 2 heterocycles. The molecule has 7 heteroatoms. The van der Waals surface area contributed by atoms with Crippen molar-refractivity contribution in [2.45, 2.75) is 42.5 Å². The predicted octanol–water partition coefficient (Wildman–Crippen LogP) is 1.70. The largest absolute Gasteiger partial charge is 0.381 e. The van der Waals surface area contributed by atoms with Gasteiger partial charge in [0.2, 0.25) is 10.0 Å². The zero-order valence-corrected chi connectivity index (χ0v) is 13.6. The molecule has 1 aromatic rings. The number of hydrogen-bond acceptors (Lipinski definition) is 5. The van der Waals surface area contributed by atoms with Gasteiger partial charge < -0.3 is 10.1 Å². The molecular formula is C14H22N2O3S2. The van der Waals surface area contributed by atoms with Crippen LogP contribution in [-0.4, -0.2) is 34.2 Å². The van der Waals surface area contributed by atoms with Crippen LogP contribution < -0.4 is 10.0 Å². The molecule has 2 N–H and O–H groups in total. The average molecular weight is 330 g/mol. The van der Waals surface area contributed by atoms with Crippen LogP contribution in [0.3, 0.4) is 0 Å². The van der Waals surface area contributed by atoms with Gasteiger partial charge in [0.05, 0.1) is 0 Å². The molecule has 0 aromatic carbocycles. The summed E-state index contributed by atoms with van der Waals surface area (Å²) in [7, 11) is -3.35. The molecule has 1 aromatic heterocycles. The van der Waals surface area contributed by atoms with E-state index in [0.29, 0.717) is 22.7 Å². The van der Waals surface area contributed by atoms with Gasteiger partial charge in [-0.2, -0.15) is 0 Å². The maximum absolute atomic E-state index is 12.2. The highest BCUT2D eigenvalue weighted by molar-refractivity contribution is 7.91. The molecule has 0 radical (unpaired) electrons. The summed E-state index contributed by atoms with van der Waals surface area (Å²) in [5, 5.41) is 3.40.